The van der Waals surface area contributed by atoms with Crippen molar-refractivity contribution in [3.8, 4) is 0 Å². The standard InChI is InChI=1S/C16H25NO/c1-2-11-18-12-10-16(17)15-8-6-14(7-9-15)13-4-3-5-13/h6-9,13,16H,2-5,10-12,17H2,1H3. The summed E-state index contributed by atoms with van der Waals surface area (Å²) in [5.41, 5.74) is 8.89. The highest BCUT2D eigenvalue weighted by Crippen LogP contribution is 2.36. The molecule has 0 aromatic heterocycles. The average molecular weight is 247 g/mol. The Labute approximate surface area is 111 Å². The normalized spacial score (nSPS) is 17.4. The van der Waals surface area contributed by atoms with E-state index in [1.54, 1.807) is 0 Å². The summed E-state index contributed by atoms with van der Waals surface area (Å²) in [5.74, 6) is 0.808. The molecule has 1 fully saturated rings. The van der Waals surface area contributed by atoms with Crippen LogP contribution in [0.15, 0.2) is 24.3 Å². The summed E-state index contributed by atoms with van der Waals surface area (Å²) in [6.45, 7) is 3.73. The molecular formula is C16H25NO. The van der Waals surface area contributed by atoms with E-state index in [2.05, 4.69) is 31.2 Å². The predicted molar refractivity (Wildman–Crippen MR) is 75.7 cm³/mol. The number of rotatable bonds is 7. The van der Waals surface area contributed by atoms with Crippen LogP contribution in [-0.2, 0) is 4.74 Å². The summed E-state index contributed by atoms with van der Waals surface area (Å²) in [7, 11) is 0. The smallest absolute Gasteiger partial charge is 0.0484 e. The summed E-state index contributed by atoms with van der Waals surface area (Å²) in [6, 6.07) is 9.01. The Morgan fingerprint density at radius 3 is 2.50 bits per heavy atom. The molecule has 1 aliphatic carbocycles. The first-order valence-corrected chi connectivity index (χ1v) is 7.24. The van der Waals surface area contributed by atoms with Crippen molar-refractivity contribution < 1.29 is 4.74 Å². The molecule has 1 aliphatic rings. The molecule has 100 valence electrons. The van der Waals surface area contributed by atoms with E-state index in [4.69, 9.17) is 10.5 Å². The fraction of sp³-hybridized carbons (Fsp3) is 0.625. The molecule has 1 aromatic carbocycles. The first-order valence-electron chi connectivity index (χ1n) is 7.24. The Bertz CT molecular complexity index is 343. The van der Waals surface area contributed by atoms with Gasteiger partial charge in [-0.15, -0.1) is 0 Å². The van der Waals surface area contributed by atoms with Gasteiger partial charge >= 0.3 is 0 Å². The monoisotopic (exact) mass is 247 g/mol. The zero-order valence-electron chi connectivity index (χ0n) is 11.4. The van der Waals surface area contributed by atoms with Crippen LogP contribution >= 0.6 is 0 Å². The highest BCUT2D eigenvalue weighted by Gasteiger charge is 2.19. The molecule has 0 spiro atoms. The van der Waals surface area contributed by atoms with Gasteiger partial charge in [0.15, 0.2) is 0 Å². The Balaban J connectivity index is 1.80. The van der Waals surface area contributed by atoms with Gasteiger partial charge in [0.05, 0.1) is 0 Å². The van der Waals surface area contributed by atoms with Crippen LogP contribution in [-0.4, -0.2) is 13.2 Å². The van der Waals surface area contributed by atoms with E-state index in [0.29, 0.717) is 0 Å². The van der Waals surface area contributed by atoms with Crippen molar-refractivity contribution in [3.63, 3.8) is 0 Å². The summed E-state index contributed by atoms with van der Waals surface area (Å²) in [5, 5.41) is 0. The topological polar surface area (TPSA) is 35.2 Å². The van der Waals surface area contributed by atoms with E-state index in [9.17, 15) is 0 Å². The van der Waals surface area contributed by atoms with Crippen LogP contribution in [0.1, 0.15) is 62.1 Å². The van der Waals surface area contributed by atoms with Crippen LogP contribution in [0, 0.1) is 0 Å². The fourth-order valence-corrected chi connectivity index (χ4v) is 2.38. The van der Waals surface area contributed by atoms with Crippen LogP contribution < -0.4 is 5.73 Å². The molecule has 0 saturated heterocycles. The third-order valence-corrected chi connectivity index (χ3v) is 3.86. The zero-order valence-corrected chi connectivity index (χ0v) is 11.4. The SMILES string of the molecule is CCCOCCC(N)c1ccc(C2CCC2)cc1. The molecule has 2 N–H and O–H groups in total. The lowest BCUT2D eigenvalue weighted by Crippen LogP contribution is -2.14. The van der Waals surface area contributed by atoms with Crippen molar-refractivity contribution in [2.24, 2.45) is 5.73 Å². The minimum absolute atomic E-state index is 0.109. The second-order valence-corrected chi connectivity index (χ2v) is 5.30. The lowest BCUT2D eigenvalue weighted by molar-refractivity contribution is 0.128. The van der Waals surface area contributed by atoms with Gasteiger partial charge in [-0.25, -0.2) is 0 Å². The van der Waals surface area contributed by atoms with Crippen LogP contribution in [0.3, 0.4) is 0 Å². The van der Waals surface area contributed by atoms with Crippen LogP contribution in [0.2, 0.25) is 0 Å². The van der Waals surface area contributed by atoms with Gasteiger partial charge in [0.25, 0.3) is 0 Å². The van der Waals surface area contributed by atoms with Gasteiger partial charge in [0.2, 0.25) is 0 Å². The molecule has 0 radical (unpaired) electrons. The van der Waals surface area contributed by atoms with Crippen LogP contribution in [0.5, 0.6) is 0 Å². The molecular weight excluding hydrogens is 222 g/mol. The van der Waals surface area contributed by atoms with E-state index in [0.717, 1.165) is 32.0 Å². The molecule has 1 saturated carbocycles. The van der Waals surface area contributed by atoms with Gasteiger partial charge in [-0.1, -0.05) is 37.6 Å². The number of ether oxygens (including phenoxy) is 1. The quantitative estimate of drug-likeness (QED) is 0.744. The second kappa shape index (κ2) is 6.91. The lowest BCUT2D eigenvalue weighted by atomic mass is 9.80. The molecule has 0 amide bonds. The first kappa shape index (κ1) is 13.6. The van der Waals surface area contributed by atoms with Crippen molar-refractivity contribution in [3.05, 3.63) is 35.4 Å². The Hall–Kier alpha value is -0.860. The minimum Gasteiger partial charge on any atom is -0.381 e. The third kappa shape index (κ3) is 3.56. The summed E-state index contributed by atoms with van der Waals surface area (Å²) < 4.78 is 5.48. The fourth-order valence-electron chi connectivity index (χ4n) is 2.38. The van der Waals surface area contributed by atoms with E-state index in [1.165, 1.54) is 30.4 Å². The highest BCUT2D eigenvalue weighted by atomic mass is 16.5. The third-order valence-electron chi connectivity index (χ3n) is 3.86. The largest absolute Gasteiger partial charge is 0.381 e. The van der Waals surface area contributed by atoms with Gasteiger partial charge in [0, 0.05) is 19.3 Å². The highest BCUT2D eigenvalue weighted by molar-refractivity contribution is 5.28. The minimum atomic E-state index is 0.109. The predicted octanol–water partition coefficient (Wildman–Crippen LogP) is 3.77. The zero-order chi connectivity index (χ0) is 12.8. The molecule has 18 heavy (non-hydrogen) atoms. The van der Waals surface area contributed by atoms with Gasteiger partial charge < -0.3 is 10.5 Å². The van der Waals surface area contributed by atoms with Gasteiger partial charge in [-0.3, -0.25) is 0 Å². The molecule has 0 bridgehead atoms. The van der Waals surface area contributed by atoms with Crippen molar-refractivity contribution in [1.82, 2.24) is 0 Å². The van der Waals surface area contributed by atoms with Crippen LogP contribution in [0.4, 0.5) is 0 Å². The molecule has 0 heterocycles. The number of hydrogen-bond acceptors (Lipinski definition) is 2. The van der Waals surface area contributed by atoms with Crippen molar-refractivity contribution in [1.29, 1.82) is 0 Å². The van der Waals surface area contributed by atoms with Gasteiger partial charge in [0.1, 0.15) is 0 Å². The molecule has 1 aromatic rings. The molecule has 1 unspecified atom stereocenters. The number of hydrogen-bond donors (Lipinski definition) is 1. The van der Waals surface area contributed by atoms with Crippen molar-refractivity contribution in [2.45, 2.75) is 51.0 Å². The lowest BCUT2D eigenvalue weighted by Gasteiger charge is -2.26. The molecule has 2 rings (SSSR count). The van der Waals surface area contributed by atoms with E-state index < -0.39 is 0 Å². The summed E-state index contributed by atoms with van der Waals surface area (Å²) >= 11 is 0. The molecule has 2 heteroatoms. The maximum atomic E-state index is 6.17. The first-order chi connectivity index (χ1) is 8.81. The van der Waals surface area contributed by atoms with E-state index in [-0.39, 0.29) is 6.04 Å². The molecule has 0 aliphatic heterocycles. The number of benzene rings is 1. The summed E-state index contributed by atoms with van der Waals surface area (Å²) in [6.07, 6.45) is 6.08. The maximum Gasteiger partial charge on any atom is 0.0484 e. The van der Waals surface area contributed by atoms with E-state index in [1.807, 2.05) is 0 Å². The Kier molecular flexibility index (Phi) is 5.21. The Morgan fingerprint density at radius 1 is 1.22 bits per heavy atom. The average Bonchev–Trinajstić information content (AvgIpc) is 2.33. The second-order valence-electron chi connectivity index (χ2n) is 5.30. The van der Waals surface area contributed by atoms with E-state index >= 15 is 0 Å². The van der Waals surface area contributed by atoms with Gasteiger partial charge in [-0.2, -0.15) is 0 Å². The summed E-state index contributed by atoms with van der Waals surface area (Å²) in [4.78, 5) is 0. The Morgan fingerprint density at radius 2 is 1.94 bits per heavy atom. The maximum absolute atomic E-state index is 6.17. The molecule has 1 atom stereocenters. The van der Waals surface area contributed by atoms with Crippen LogP contribution in [0.25, 0.3) is 0 Å². The van der Waals surface area contributed by atoms with Crippen molar-refractivity contribution >= 4 is 0 Å². The number of nitrogens with two attached hydrogens (primary N) is 1. The van der Waals surface area contributed by atoms with Gasteiger partial charge in [-0.05, 0) is 42.7 Å². The molecule has 2 nitrogen and oxygen atoms in total. The van der Waals surface area contributed by atoms with Crippen molar-refractivity contribution in [2.75, 3.05) is 13.2 Å².